The second-order valence-electron chi connectivity index (χ2n) is 3.88. The molecule has 0 saturated carbocycles. The molecule has 0 aromatic heterocycles. The van der Waals surface area contributed by atoms with Gasteiger partial charge in [0.2, 0.25) is 0 Å². The maximum absolute atomic E-state index is 12.1. The van der Waals surface area contributed by atoms with Crippen molar-refractivity contribution >= 4 is 39.1 Å². The Morgan fingerprint density at radius 2 is 1.70 bits per heavy atom. The topological polar surface area (TPSA) is 63.2 Å². The summed E-state index contributed by atoms with van der Waals surface area (Å²) in [5.74, 6) is -0.771. The van der Waals surface area contributed by atoms with Crippen LogP contribution in [0, 0.1) is 0 Å². The lowest BCUT2D eigenvalue weighted by Gasteiger charge is -2.08. The molecule has 0 atom stereocenters. The van der Waals surface area contributed by atoms with E-state index in [0.717, 1.165) is 0 Å². The fraction of sp³-hybridized carbons (Fsp3) is 0. The van der Waals surface area contributed by atoms with Crippen LogP contribution in [0.25, 0.3) is 0 Å². The molecule has 0 radical (unpaired) electrons. The van der Waals surface area contributed by atoms with Gasteiger partial charge in [-0.1, -0.05) is 41.4 Å². The van der Waals surface area contributed by atoms with Crippen LogP contribution in [-0.4, -0.2) is 14.3 Å². The highest BCUT2D eigenvalue weighted by molar-refractivity contribution is 7.90. The highest BCUT2D eigenvalue weighted by Crippen LogP contribution is 2.20. The summed E-state index contributed by atoms with van der Waals surface area (Å²) in [6.45, 7) is 0. The highest BCUT2D eigenvalue weighted by Gasteiger charge is 2.21. The minimum Gasteiger partial charge on any atom is -0.268 e. The largest absolute Gasteiger partial charge is 0.268 e. The number of sulfonamides is 1. The van der Waals surface area contributed by atoms with E-state index in [4.69, 9.17) is 23.2 Å². The third-order valence-corrected chi connectivity index (χ3v) is 4.51. The van der Waals surface area contributed by atoms with E-state index in [9.17, 15) is 13.2 Å². The lowest BCUT2D eigenvalue weighted by molar-refractivity contribution is 0.0981. The van der Waals surface area contributed by atoms with Gasteiger partial charge in [0.1, 0.15) is 4.90 Å². The standard InChI is InChI=1S/C13H9Cl2NO3S/c14-10-5-3-4-9(8-10)13(17)16-20(18,19)12-7-2-1-6-11(12)15/h1-8H,(H,16,17). The number of hydrogen-bond donors (Lipinski definition) is 1. The Morgan fingerprint density at radius 1 is 1.00 bits per heavy atom. The molecule has 0 heterocycles. The van der Waals surface area contributed by atoms with Crippen LogP contribution >= 0.6 is 23.2 Å². The molecule has 0 aliphatic heterocycles. The van der Waals surface area contributed by atoms with E-state index in [1.165, 1.54) is 30.3 Å². The van der Waals surface area contributed by atoms with Gasteiger partial charge in [-0.3, -0.25) is 4.79 Å². The number of amides is 1. The van der Waals surface area contributed by atoms with Crippen LogP contribution in [0.5, 0.6) is 0 Å². The number of hydrogen-bond acceptors (Lipinski definition) is 3. The minimum atomic E-state index is -4.03. The van der Waals surface area contributed by atoms with Crippen LogP contribution in [0.15, 0.2) is 53.4 Å². The van der Waals surface area contributed by atoms with Gasteiger partial charge in [-0.05, 0) is 30.3 Å². The fourth-order valence-electron chi connectivity index (χ4n) is 1.53. The molecule has 0 fully saturated rings. The van der Waals surface area contributed by atoms with Crippen molar-refractivity contribution in [3.05, 3.63) is 64.1 Å². The van der Waals surface area contributed by atoms with E-state index in [2.05, 4.69) is 0 Å². The van der Waals surface area contributed by atoms with Gasteiger partial charge in [-0.2, -0.15) is 0 Å². The zero-order valence-electron chi connectivity index (χ0n) is 10.0. The van der Waals surface area contributed by atoms with Crippen LogP contribution in [0.4, 0.5) is 0 Å². The second kappa shape index (κ2) is 5.83. The molecule has 1 amide bonds. The molecule has 0 bridgehead atoms. The Labute approximate surface area is 126 Å². The predicted molar refractivity (Wildman–Crippen MR) is 77.6 cm³/mol. The molecule has 20 heavy (non-hydrogen) atoms. The van der Waals surface area contributed by atoms with Crippen molar-refractivity contribution < 1.29 is 13.2 Å². The van der Waals surface area contributed by atoms with Crippen molar-refractivity contribution in [2.75, 3.05) is 0 Å². The van der Waals surface area contributed by atoms with Crippen molar-refractivity contribution in [3.63, 3.8) is 0 Å². The third-order valence-electron chi connectivity index (χ3n) is 2.44. The molecule has 104 valence electrons. The van der Waals surface area contributed by atoms with Gasteiger partial charge in [0, 0.05) is 10.6 Å². The Morgan fingerprint density at radius 3 is 2.35 bits per heavy atom. The van der Waals surface area contributed by atoms with Gasteiger partial charge >= 0.3 is 0 Å². The lowest BCUT2D eigenvalue weighted by atomic mass is 10.2. The zero-order chi connectivity index (χ0) is 14.8. The number of rotatable bonds is 3. The van der Waals surface area contributed by atoms with Gasteiger partial charge < -0.3 is 0 Å². The molecule has 7 heteroatoms. The summed E-state index contributed by atoms with van der Waals surface area (Å²) in [6, 6.07) is 11.8. The lowest BCUT2D eigenvalue weighted by Crippen LogP contribution is -2.30. The first-order valence-corrected chi connectivity index (χ1v) is 7.71. The van der Waals surface area contributed by atoms with Crippen LogP contribution in [-0.2, 0) is 10.0 Å². The number of benzene rings is 2. The Hall–Kier alpha value is -1.56. The van der Waals surface area contributed by atoms with E-state index >= 15 is 0 Å². The van der Waals surface area contributed by atoms with Crippen molar-refractivity contribution in [1.82, 2.24) is 4.72 Å². The maximum Gasteiger partial charge on any atom is 0.265 e. The average molecular weight is 330 g/mol. The molecule has 1 N–H and O–H groups in total. The highest BCUT2D eigenvalue weighted by atomic mass is 35.5. The van der Waals surface area contributed by atoms with Crippen LogP contribution in [0.2, 0.25) is 10.0 Å². The molecule has 0 aliphatic rings. The molecule has 2 rings (SSSR count). The zero-order valence-corrected chi connectivity index (χ0v) is 12.3. The van der Waals surface area contributed by atoms with Crippen LogP contribution in [0.3, 0.4) is 0 Å². The monoisotopic (exact) mass is 329 g/mol. The predicted octanol–water partition coefficient (Wildman–Crippen LogP) is 3.11. The summed E-state index contributed by atoms with van der Waals surface area (Å²) in [4.78, 5) is 11.7. The van der Waals surface area contributed by atoms with Crippen LogP contribution < -0.4 is 4.72 Å². The van der Waals surface area contributed by atoms with Gasteiger partial charge in [0.05, 0.1) is 5.02 Å². The molecule has 2 aromatic rings. The Kier molecular flexibility index (Phi) is 4.32. The minimum absolute atomic E-state index is 0.0406. The van der Waals surface area contributed by atoms with Crippen molar-refractivity contribution in [3.8, 4) is 0 Å². The summed E-state index contributed by atoms with van der Waals surface area (Å²) >= 11 is 11.6. The Bertz CT molecular complexity index is 760. The van der Waals surface area contributed by atoms with Crippen molar-refractivity contribution in [2.45, 2.75) is 4.90 Å². The number of halogens is 2. The molecule has 0 spiro atoms. The maximum atomic E-state index is 12.1. The summed E-state index contributed by atoms with van der Waals surface area (Å²) in [5, 5.41) is 0.381. The van der Waals surface area contributed by atoms with Gasteiger partial charge in [-0.15, -0.1) is 0 Å². The first kappa shape index (κ1) is 14.8. The number of nitrogens with one attached hydrogen (secondary N) is 1. The molecule has 4 nitrogen and oxygen atoms in total. The Balaban J connectivity index is 2.30. The molecule has 2 aromatic carbocycles. The normalized spacial score (nSPS) is 11.1. The van der Waals surface area contributed by atoms with Crippen molar-refractivity contribution in [2.24, 2.45) is 0 Å². The smallest absolute Gasteiger partial charge is 0.265 e. The number of carbonyl (C=O) groups excluding carboxylic acids is 1. The van der Waals surface area contributed by atoms with Crippen LogP contribution in [0.1, 0.15) is 10.4 Å². The van der Waals surface area contributed by atoms with Gasteiger partial charge in [0.25, 0.3) is 15.9 Å². The number of carbonyl (C=O) groups is 1. The van der Waals surface area contributed by atoms with E-state index in [-0.39, 0.29) is 15.5 Å². The quantitative estimate of drug-likeness (QED) is 0.940. The second-order valence-corrected chi connectivity index (χ2v) is 6.37. The molecular formula is C13H9Cl2NO3S. The summed E-state index contributed by atoms with van der Waals surface area (Å²) in [6.07, 6.45) is 0. The molecule has 0 aliphatic carbocycles. The average Bonchev–Trinajstić information content (AvgIpc) is 2.38. The van der Waals surface area contributed by atoms with E-state index in [0.29, 0.717) is 5.02 Å². The van der Waals surface area contributed by atoms with Gasteiger partial charge in [-0.25, -0.2) is 13.1 Å². The van der Waals surface area contributed by atoms with E-state index in [1.807, 2.05) is 4.72 Å². The first-order valence-electron chi connectivity index (χ1n) is 5.47. The van der Waals surface area contributed by atoms with Gasteiger partial charge in [0.15, 0.2) is 0 Å². The third kappa shape index (κ3) is 3.30. The van der Waals surface area contributed by atoms with Crippen molar-refractivity contribution in [1.29, 1.82) is 0 Å². The first-order chi connectivity index (χ1) is 9.40. The summed E-state index contributed by atoms with van der Waals surface area (Å²) in [7, 11) is -4.03. The molecular weight excluding hydrogens is 321 g/mol. The molecule has 0 saturated heterocycles. The fourth-order valence-corrected chi connectivity index (χ4v) is 3.21. The SMILES string of the molecule is O=C(NS(=O)(=O)c1ccccc1Cl)c1cccc(Cl)c1. The molecule has 0 unspecified atom stereocenters. The van der Waals surface area contributed by atoms with E-state index in [1.54, 1.807) is 18.2 Å². The summed E-state index contributed by atoms with van der Waals surface area (Å²) < 4.78 is 26.1. The summed E-state index contributed by atoms with van der Waals surface area (Å²) in [5.41, 5.74) is 0.146. The van der Waals surface area contributed by atoms with E-state index < -0.39 is 15.9 Å².